The third kappa shape index (κ3) is 6.16. The molecule has 1 radical (unpaired) electrons. The molecule has 5 aromatic heterocycles. The summed E-state index contributed by atoms with van der Waals surface area (Å²) in [6.45, 7) is 6.11. The minimum Gasteiger partial charge on any atom is -0.486 e. The molecule has 8 aromatic rings. The Labute approximate surface area is 275 Å². The van der Waals surface area contributed by atoms with Gasteiger partial charge in [0.25, 0.3) is 0 Å². The van der Waals surface area contributed by atoms with E-state index < -0.39 is 0 Å². The summed E-state index contributed by atoms with van der Waals surface area (Å²) in [6.07, 6.45) is 3.63. The van der Waals surface area contributed by atoms with Crippen LogP contribution in [0.2, 0.25) is 0 Å². The van der Waals surface area contributed by atoms with Crippen molar-refractivity contribution in [1.29, 1.82) is 0 Å². The molecular formula is C39H28IrN4O-2. The van der Waals surface area contributed by atoms with Gasteiger partial charge < -0.3 is 14.4 Å². The zero-order valence-electron chi connectivity index (χ0n) is 25.0. The molecule has 0 atom stereocenters. The summed E-state index contributed by atoms with van der Waals surface area (Å²) in [7, 11) is 0. The number of nitrogens with zero attached hydrogens (tertiary/aromatic N) is 4. The third-order valence-corrected chi connectivity index (χ3v) is 7.59. The van der Waals surface area contributed by atoms with Crippen molar-refractivity contribution in [2.75, 3.05) is 0 Å². The molecule has 0 saturated carbocycles. The van der Waals surface area contributed by atoms with Gasteiger partial charge in [-0.15, -0.1) is 54.1 Å². The number of hydrogen-bond donors (Lipinski definition) is 0. The van der Waals surface area contributed by atoms with Gasteiger partial charge in [-0.1, -0.05) is 35.2 Å². The van der Waals surface area contributed by atoms with Crippen molar-refractivity contribution < 1.29 is 24.5 Å². The molecule has 0 bridgehead atoms. The molecule has 0 aliphatic heterocycles. The smallest absolute Gasteiger partial charge is 0.216 e. The van der Waals surface area contributed by atoms with Crippen LogP contribution >= 0.6 is 0 Å². The number of benzene rings is 3. The quantitative estimate of drug-likeness (QED) is 0.168. The Hall–Kier alpha value is -5.03. The summed E-state index contributed by atoms with van der Waals surface area (Å²) in [5.41, 5.74) is 11.5. The minimum absolute atomic E-state index is 0. The van der Waals surface area contributed by atoms with Crippen LogP contribution in [0, 0.1) is 32.9 Å². The summed E-state index contributed by atoms with van der Waals surface area (Å²) in [4.78, 5) is 18.1. The predicted octanol–water partition coefficient (Wildman–Crippen LogP) is 9.53. The molecule has 0 unspecified atom stereocenters. The van der Waals surface area contributed by atoms with Crippen LogP contribution in [-0.4, -0.2) is 19.9 Å². The van der Waals surface area contributed by atoms with Gasteiger partial charge in [0, 0.05) is 54.7 Å². The van der Waals surface area contributed by atoms with Crippen molar-refractivity contribution in [2.24, 2.45) is 0 Å². The molecule has 5 heterocycles. The Bertz CT molecular complexity index is 2230. The fourth-order valence-electron chi connectivity index (χ4n) is 5.40. The van der Waals surface area contributed by atoms with Crippen LogP contribution < -0.4 is 0 Å². The van der Waals surface area contributed by atoms with E-state index in [2.05, 4.69) is 69.3 Å². The normalized spacial score (nSPS) is 10.8. The molecule has 221 valence electrons. The average Bonchev–Trinajstić information content (AvgIpc) is 3.43. The minimum atomic E-state index is 0. The number of aryl methyl sites for hydroxylation is 3. The van der Waals surface area contributed by atoms with Crippen LogP contribution in [0.5, 0.6) is 0 Å². The molecule has 0 amide bonds. The van der Waals surface area contributed by atoms with Crippen LogP contribution in [0.25, 0.3) is 66.6 Å². The van der Waals surface area contributed by atoms with Crippen molar-refractivity contribution >= 4 is 33.0 Å². The van der Waals surface area contributed by atoms with Gasteiger partial charge in [0.2, 0.25) is 5.71 Å². The van der Waals surface area contributed by atoms with E-state index in [1.54, 1.807) is 6.20 Å². The van der Waals surface area contributed by atoms with Gasteiger partial charge in [0.15, 0.2) is 0 Å². The molecular weight excluding hydrogens is 733 g/mol. The molecule has 45 heavy (non-hydrogen) atoms. The Morgan fingerprint density at radius 3 is 2.29 bits per heavy atom. The maximum absolute atomic E-state index is 6.17. The molecule has 0 spiro atoms. The summed E-state index contributed by atoms with van der Waals surface area (Å²) in [5.74, 6) is 0. The van der Waals surface area contributed by atoms with E-state index in [9.17, 15) is 0 Å². The SMILES string of the molecule is Cc1ccc2cc(-c3ccnc(-c4[c-]ccc5c4oc4nc(C)ccc45)c3)c(C)cc2n1.[Ir].[c-]1ccccc1-c1ccccn1. The number of aromatic nitrogens is 4. The van der Waals surface area contributed by atoms with Crippen LogP contribution in [0.15, 0.2) is 120 Å². The maximum Gasteiger partial charge on any atom is 0.216 e. The first-order valence-electron chi connectivity index (χ1n) is 14.5. The molecule has 0 saturated heterocycles. The van der Waals surface area contributed by atoms with E-state index in [4.69, 9.17) is 4.42 Å². The van der Waals surface area contributed by atoms with Crippen molar-refractivity contribution in [3.05, 3.63) is 145 Å². The molecule has 0 fully saturated rings. The number of rotatable bonds is 3. The van der Waals surface area contributed by atoms with Crippen molar-refractivity contribution in [3.8, 4) is 33.6 Å². The number of hydrogen-bond acceptors (Lipinski definition) is 5. The fraction of sp³-hybridized carbons (Fsp3) is 0.0769. The van der Waals surface area contributed by atoms with Gasteiger partial charge in [-0.05, 0) is 91.3 Å². The second-order valence-corrected chi connectivity index (χ2v) is 10.7. The molecule has 5 nitrogen and oxygen atoms in total. The number of fused-ring (bicyclic) bond motifs is 4. The van der Waals surface area contributed by atoms with E-state index in [-0.39, 0.29) is 20.1 Å². The Balaban J connectivity index is 0.000000231. The van der Waals surface area contributed by atoms with E-state index in [0.717, 1.165) is 66.7 Å². The summed E-state index contributed by atoms with van der Waals surface area (Å²) >= 11 is 0. The topological polar surface area (TPSA) is 64.7 Å². The van der Waals surface area contributed by atoms with Crippen molar-refractivity contribution in [3.63, 3.8) is 0 Å². The first-order chi connectivity index (χ1) is 21.5. The molecule has 0 aliphatic rings. The molecule has 3 aromatic carbocycles. The number of furan rings is 1. The molecule has 0 aliphatic carbocycles. The van der Waals surface area contributed by atoms with E-state index >= 15 is 0 Å². The van der Waals surface area contributed by atoms with Gasteiger partial charge in [-0.2, -0.15) is 0 Å². The van der Waals surface area contributed by atoms with Gasteiger partial charge in [-0.25, -0.2) is 4.98 Å². The van der Waals surface area contributed by atoms with Crippen molar-refractivity contribution in [1.82, 2.24) is 19.9 Å². The standard InChI is InChI=1S/C28H20N3O.C11H8N.Ir/c1-16-13-25-20(9-7-17(2)30-25)14-24(16)19-11-12-29-26(15-19)23-6-4-5-21-22-10-8-18(3)31-28(22)32-27(21)23;1-2-6-10(7-3-1)11-8-4-5-9-12-11;/h4-5,7-15H,1-3H3;1-6,8-9H;/q2*-1;. The summed E-state index contributed by atoms with van der Waals surface area (Å²) in [6, 6.07) is 40.8. The Morgan fingerprint density at radius 1 is 0.644 bits per heavy atom. The Morgan fingerprint density at radius 2 is 1.47 bits per heavy atom. The van der Waals surface area contributed by atoms with E-state index in [1.807, 2.05) is 92.8 Å². The van der Waals surface area contributed by atoms with Crippen LogP contribution in [-0.2, 0) is 20.1 Å². The molecule has 0 N–H and O–H groups in total. The second-order valence-electron chi connectivity index (χ2n) is 10.7. The molecule has 8 rings (SSSR count). The number of pyridine rings is 4. The maximum atomic E-state index is 6.17. The van der Waals surface area contributed by atoms with E-state index in [1.165, 1.54) is 11.1 Å². The van der Waals surface area contributed by atoms with Crippen molar-refractivity contribution in [2.45, 2.75) is 20.8 Å². The van der Waals surface area contributed by atoms with Gasteiger partial charge in [0.1, 0.15) is 0 Å². The first-order valence-corrected chi connectivity index (χ1v) is 14.5. The third-order valence-electron chi connectivity index (χ3n) is 7.59. The van der Waals surface area contributed by atoms with Gasteiger partial charge >= 0.3 is 0 Å². The Kier molecular flexibility index (Phi) is 8.61. The predicted molar refractivity (Wildman–Crippen MR) is 177 cm³/mol. The first kappa shape index (κ1) is 30.0. The zero-order valence-corrected chi connectivity index (χ0v) is 27.4. The van der Waals surface area contributed by atoms with E-state index in [0.29, 0.717) is 5.71 Å². The van der Waals surface area contributed by atoms with Crippen LogP contribution in [0.1, 0.15) is 17.0 Å². The van der Waals surface area contributed by atoms with Gasteiger partial charge in [-0.3, -0.25) is 4.98 Å². The van der Waals surface area contributed by atoms with Crippen LogP contribution in [0.4, 0.5) is 0 Å². The fourth-order valence-corrected chi connectivity index (χ4v) is 5.40. The summed E-state index contributed by atoms with van der Waals surface area (Å²) in [5, 5.41) is 3.16. The average molecular weight is 761 g/mol. The summed E-state index contributed by atoms with van der Waals surface area (Å²) < 4.78 is 6.17. The van der Waals surface area contributed by atoms with Crippen LogP contribution in [0.3, 0.4) is 0 Å². The molecule has 6 heteroatoms. The largest absolute Gasteiger partial charge is 0.486 e. The zero-order chi connectivity index (χ0) is 30.0. The monoisotopic (exact) mass is 761 g/mol. The van der Waals surface area contributed by atoms with Gasteiger partial charge in [0.05, 0.1) is 11.1 Å². The second kappa shape index (κ2) is 12.9.